The third-order valence-corrected chi connectivity index (χ3v) is 2.43. The number of hydrogen-bond donors (Lipinski definition) is 0. The first kappa shape index (κ1) is 11.2. The average molecular weight is 224 g/mol. The van der Waals surface area contributed by atoms with Crippen molar-refractivity contribution in [1.29, 1.82) is 5.26 Å². The van der Waals surface area contributed by atoms with E-state index in [4.69, 9.17) is 10.00 Å². The number of aryl methyl sites for hydroxylation is 1. The molecule has 17 heavy (non-hydrogen) atoms. The summed E-state index contributed by atoms with van der Waals surface area (Å²) < 4.78 is 5.73. The van der Waals surface area contributed by atoms with E-state index < -0.39 is 0 Å². The van der Waals surface area contributed by atoms with Crippen LogP contribution in [-0.2, 0) is 6.42 Å². The van der Waals surface area contributed by atoms with Gasteiger partial charge in [0.2, 0.25) is 0 Å². The molecule has 2 aromatic rings. The fourth-order valence-electron chi connectivity index (χ4n) is 1.53. The molecule has 2 rings (SSSR count). The minimum Gasteiger partial charge on any atom is -0.455 e. The SMILES string of the molecule is CCc1ccccc1Oc1ccc(C#N)nc1. The minimum absolute atomic E-state index is 0.390. The molecule has 0 aliphatic heterocycles. The normalized spacial score (nSPS) is 9.65. The Morgan fingerprint density at radius 1 is 1.24 bits per heavy atom. The molecule has 0 saturated heterocycles. The second kappa shape index (κ2) is 5.13. The smallest absolute Gasteiger partial charge is 0.145 e. The topological polar surface area (TPSA) is 45.9 Å². The summed E-state index contributed by atoms with van der Waals surface area (Å²) in [4.78, 5) is 3.96. The largest absolute Gasteiger partial charge is 0.455 e. The van der Waals surface area contributed by atoms with Crippen LogP contribution >= 0.6 is 0 Å². The van der Waals surface area contributed by atoms with Crippen LogP contribution in [0.15, 0.2) is 42.6 Å². The van der Waals surface area contributed by atoms with Gasteiger partial charge in [-0.05, 0) is 30.2 Å². The van der Waals surface area contributed by atoms with Gasteiger partial charge in [0.15, 0.2) is 0 Å². The number of para-hydroxylation sites is 1. The van der Waals surface area contributed by atoms with Crippen LogP contribution in [0, 0.1) is 11.3 Å². The fraction of sp³-hybridized carbons (Fsp3) is 0.143. The molecule has 0 N–H and O–H groups in total. The Morgan fingerprint density at radius 3 is 2.71 bits per heavy atom. The van der Waals surface area contributed by atoms with Crippen LogP contribution in [0.1, 0.15) is 18.2 Å². The summed E-state index contributed by atoms with van der Waals surface area (Å²) in [6.07, 6.45) is 2.48. The van der Waals surface area contributed by atoms with Crippen LogP contribution in [0.2, 0.25) is 0 Å². The van der Waals surface area contributed by atoms with Crippen molar-refractivity contribution in [3.05, 3.63) is 53.9 Å². The van der Waals surface area contributed by atoms with Gasteiger partial charge in [0, 0.05) is 0 Å². The summed E-state index contributed by atoms with van der Waals surface area (Å²) in [6.45, 7) is 2.08. The number of benzene rings is 1. The van der Waals surface area contributed by atoms with E-state index in [0.29, 0.717) is 11.4 Å². The zero-order valence-corrected chi connectivity index (χ0v) is 9.55. The van der Waals surface area contributed by atoms with Crippen LogP contribution in [0.25, 0.3) is 0 Å². The molecule has 0 aliphatic rings. The van der Waals surface area contributed by atoms with Crippen molar-refractivity contribution in [3.63, 3.8) is 0 Å². The van der Waals surface area contributed by atoms with Gasteiger partial charge >= 0.3 is 0 Å². The lowest BCUT2D eigenvalue weighted by Gasteiger charge is -2.09. The summed E-state index contributed by atoms with van der Waals surface area (Å²) >= 11 is 0. The van der Waals surface area contributed by atoms with Crippen LogP contribution in [0.3, 0.4) is 0 Å². The molecule has 0 unspecified atom stereocenters. The maximum atomic E-state index is 8.65. The summed E-state index contributed by atoms with van der Waals surface area (Å²) in [7, 11) is 0. The molecule has 0 aliphatic carbocycles. The first-order valence-corrected chi connectivity index (χ1v) is 5.45. The van der Waals surface area contributed by atoms with Crippen molar-refractivity contribution in [3.8, 4) is 17.6 Å². The summed E-state index contributed by atoms with van der Waals surface area (Å²) in [5.74, 6) is 1.48. The predicted octanol–water partition coefficient (Wildman–Crippen LogP) is 3.31. The van der Waals surface area contributed by atoms with E-state index in [1.165, 1.54) is 0 Å². The van der Waals surface area contributed by atoms with Gasteiger partial charge < -0.3 is 4.74 Å². The maximum Gasteiger partial charge on any atom is 0.145 e. The second-order valence-corrected chi connectivity index (χ2v) is 3.55. The van der Waals surface area contributed by atoms with Gasteiger partial charge in [-0.15, -0.1) is 0 Å². The van der Waals surface area contributed by atoms with Crippen molar-refractivity contribution >= 4 is 0 Å². The highest BCUT2D eigenvalue weighted by Crippen LogP contribution is 2.24. The molecule has 1 heterocycles. The predicted molar refractivity (Wildman–Crippen MR) is 64.8 cm³/mol. The summed E-state index contributed by atoms with van der Waals surface area (Å²) in [5, 5.41) is 8.65. The number of nitriles is 1. The zero-order chi connectivity index (χ0) is 12.1. The van der Waals surface area contributed by atoms with Crippen molar-refractivity contribution in [2.24, 2.45) is 0 Å². The highest BCUT2D eigenvalue weighted by Gasteiger charge is 2.02. The molecule has 84 valence electrons. The minimum atomic E-state index is 0.390. The number of pyridine rings is 1. The lowest BCUT2D eigenvalue weighted by atomic mass is 10.1. The number of hydrogen-bond acceptors (Lipinski definition) is 3. The Bertz CT molecular complexity index is 541. The Kier molecular flexibility index (Phi) is 3.37. The van der Waals surface area contributed by atoms with E-state index >= 15 is 0 Å². The third kappa shape index (κ3) is 2.61. The molecule has 3 heteroatoms. The van der Waals surface area contributed by atoms with Gasteiger partial charge in [-0.25, -0.2) is 4.98 Å². The number of nitrogens with zero attached hydrogens (tertiary/aromatic N) is 2. The van der Waals surface area contributed by atoms with Gasteiger partial charge in [-0.3, -0.25) is 0 Å². The molecule has 3 nitrogen and oxygen atoms in total. The van der Waals surface area contributed by atoms with Crippen molar-refractivity contribution < 1.29 is 4.74 Å². The molecule has 0 spiro atoms. The van der Waals surface area contributed by atoms with Crippen LogP contribution < -0.4 is 4.74 Å². The average Bonchev–Trinajstić information content (AvgIpc) is 2.40. The van der Waals surface area contributed by atoms with Gasteiger partial charge in [-0.2, -0.15) is 5.26 Å². The quantitative estimate of drug-likeness (QED) is 0.803. The first-order chi connectivity index (χ1) is 8.33. The molecule has 0 atom stereocenters. The van der Waals surface area contributed by atoms with Crippen molar-refractivity contribution in [2.75, 3.05) is 0 Å². The molecule has 0 bridgehead atoms. The standard InChI is InChI=1S/C14H12N2O/c1-2-11-5-3-4-6-14(11)17-13-8-7-12(9-15)16-10-13/h3-8,10H,2H2,1H3. The summed E-state index contributed by atoms with van der Waals surface area (Å²) in [5.41, 5.74) is 1.54. The lowest BCUT2D eigenvalue weighted by molar-refractivity contribution is 0.474. The molecule has 0 radical (unpaired) electrons. The van der Waals surface area contributed by atoms with Crippen molar-refractivity contribution in [2.45, 2.75) is 13.3 Å². The number of aromatic nitrogens is 1. The first-order valence-electron chi connectivity index (χ1n) is 5.45. The Hall–Kier alpha value is -2.34. The van der Waals surface area contributed by atoms with E-state index in [9.17, 15) is 0 Å². The molecule has 1 aromatic heterocycles. The molecular weight excluding hydrogens is 212 g/mol. The fourth-order valence-corrected chi connectivity index (χ4v) is 1.53. The van der Waals surface area contributed by atoms with Crippen molar-refractivity contribution in [1.82, 2.24) is 4.98 Å². The van der Waals surface area contributed by atoms with Gasteiger partial charge in [0.05, 0.1) is 6.20 Å². The number of ether oxygens (including phenoxy) is 1. The maximum absolute atomic E-state index is 8.65. The molecular formula is C14H12N2O. The highest BCUT2D eigenvalue weighted by molar-refractivity contribution is 5.37. The Balaban J connectivity index is 2.22. The van der Waals surface area contributed by atoms with Gasteiger partial charge in [0.1, 0.15) is 23.3 Å². The molecule has 0 saturated carbocycles. The molecule has 0 fully saturated rings. The Morgan fingerprint density at radius 2 is 2.06 bits per heavy atom. The van der Waals surface area contributed by atoms with E-state index in [1.807, 2.05) is 30.3 Å². The summed E-state index contributed by atoms with van der Waals surface area (Å²) in [6, 6.07) is 13.3. The van der Waals surface area contributed by atoms with Crippen LogP contribution in [0.4, 0.5) is 0 Å². The van der Waals surface area contributed by atoms with Gasteiger partial charge in [0.25, 0.3) is 0 Å². The van der Waals surface area contributed by atoms with E-state index in [1.54, 1.807) is 18.3 Å². The van der Waals surface area contributed by atoms with Crippen LogP contribution in [-0.4, -0.2) is 4.98 Å². The Labute approximate surface area is 100 Å². The molecule has 0 amide bonds. The second-order valence-electron chi connectivity index (χ2n) is 3.55. The van der Waals surface area contributed by atoms with Crippen LogP contribution in [0.5, 0.6) is 11.5 Å². The zero-order valence-electron chi connectivity index (χ0n) is 9.55. The van der Waals surface area contributed by atoms with E-state index in [2.05, 4.69) is 11.9 Å². The van der Waals surface area contributed by atoms with Gasteiger partial charge in [-0.1, -0.05) is 25.1 Å². The van der Waals surface area contributed by atoms with E-state index in [0.717, 1.165) is 17.7 Å². The highest BCUT2D eigenvalue weighted by atomic mass is 16.5. The third-order valence-electron chi connectivity index (χ3n) is 2.43. The monoisotopic (exact) mass is 224 g/mol. The number of rotatable bonds is 3. The van der Waals surface area contributed by atoms with E-state index in [-0.39, 0.29) is 0 Å². The molecule has 1 aromatic carbocycles. The lowest BCUT2D eigenvalue weighted by Crippen LogP contribution is -1.91.